The average molecular weight is 441 g/mol. The highest BCUT2D eigenvalue weighted by molar-refractivity contribution is 5.94. The number of nitrogens with zero attached hydrogens (tertiary/aromatic N) is 2. The number of benzene rings is 2. The van der Waals surface area contributed by atoms with E-state index < -0.39 is 0 Å². The number of carbonyl (C=O) groups is 1. The fourth-order valence-corrected chi connectivity index (χ4v) is 4.86. The van der Waals surface area contributed by atoms with Crippen molar-refractivity contribution in [3.05, 3.63) is 65.5 Å². The van der Waals surface area contributed by atoms with Crippen LogP contribution in [0.2, 0.25) is 0 Å². The molecule has 5 nitrogen and oxygen atoms in total. The van der Waals surface area contributed by atoms with Gasteiger partial charge in [-0.05, 0) is 50.1 Å². The van der Waals surface area contributed by atoms with Gasteiger partial charge in [0.25, 0.3) is 5.91 Å². The van der Waals surface area contributed by atoms with E-state index in [0.29, 0.717) is 42.5 Å². The Labute approximate surface area is 190 Å². The smallest absolute Gasteiger partial charge is 0.254 e. The minimum atomic E-state index is -0.166. The largest absolute Gasteiger partial charge is 0.492 e. The lowest BCUT2D eigenvalue weighted by molar-refractivity contribution is -0.00677. The van der Waals surface area contributed by atoms with Crippen molar-refractivity contribution in [1.29, 1.82) is 0 Å². The van der Waals surface area contributed by atoms with Crippen LogP contribution in [-0.2, 0) is 11.3 Å². The molecule has 1 saturated heterocycles. The number of ether oxygens (including phenoxy) is 2. The lowest BCUT2D eigenvalue weighted by Crippen LogP contribution is -2.46. The van der Waals surface area contributed by atoms with Crippen LogP contribution in [0.15, 0.2) is 48.5 Å². The molecule has 0 radical (unpaired) electrons. The van der Waals surface area contributed by atoms with E-state index in [0.717, 1.165) is 45.3 Å². The van der Waals surface area contributed by atoms with E-state index in [4.69, 9.17) is 9.47 Å². The lowest BCUT2D eigenvalue weighted by atomic mass is 9.89. The molecule has 1 fully saturated rings. The van der Waals surface area contributed by atoms with Gasteiger partial charge in [0.15, 0.2) is 0 Å². The van der Waals surface area contributed by atoms with Gasteiger partial charge in [-0.25, -0.2) is 4.39 Å². The van der Waals surface area contributed by atoms with Crippen molar-refractivity contribution in [2.24, 2.45) is 5.92 Å². The fraction of sp³-hybridized carbons (Fsp3) is 0.500. The van der Waals surface area contributed by atoms with E-state index in [1.807, 2.05) is 41.3 Å². The topological polar surface area (TPSA) is 42.0 Å². The normalized spacial score (nSPS) is 23.2. The van der Waals surface area contributed by atoms with E-state index in [9.17, 15) is 9.18 Å². The van der Waals surface area contributed by atoms with E-state index in [2.05, 4.69) is 4.90 Å². The van der Waals surface area contributed by atoms with Gasteiger partial charge in [-0.2, -0.15) is 0 Å². The number of fused-ring (bicyclic) bond motifs is 4. The summed E-state index contributed by atoms with van der Waals surface area (Å²) in [5, 5.41) is 0. The quantitative estimate of drug-likeness (QED) is 0.711. The third-order valence-electron chi connectivity index (χ3n) is 6.66. The van der Waals surface area contributed by atoms with Crippen LogP contribution in [0.4, 0.5) is 4.39 Å². The molecule has 1 amide bonds. The minimum absolute atomic E-state index is 0.0612. The molecule has 2 heterocycles. The summed E-state index contributed by atoms with van der Waals surface area (Å²) >= 11 is 0. The second kappa shape index (κ2) is 10.9. The number of methoxy groups -OCH3 is 1. The summed E-state index contributed by atoms with van der Waals surface area (Å²) in [6.07, 6.45) is 4.14. The Balaban J connectivity index is 1.51. The SMILES string of the molecule is CO[C@H]1CCN2C[C@H]1CCCCN(Cc1ccccc1F)CCOc1cccc(c1)C2=O. The van der Waals surface area contributed by atoms with Gasteiger partial charge in [-0.3, -0.25) is 9.69 Å². The van der Waals surface area contributed by atoms with Gasteiger partial charge in [-0.15, -0.1) is 0 Å². The zero-order valence-electron chi connectivity index (χ0n) is 18.8. The Morgan fingerprint density at radius 2 is 1.94 bits per heavy atom. The molecule has 0 N–H and O–H groups in total. The van der Waals surface area contributed by atoms with Gasteiger partial charge in [-0.1, -0.05) is 30.7 Å². The average Bonchev–Trinajstić information content (AvgIpc) is 2.82. The monoisotopic (exact) mass is 440 g/mol. The maximum absolute atomic E-state index is 14.2. The summed E-state index contributed by atoms with van der Waals surface area (Å²) in [6, 6.07) is 14.4. The van der Waals surface area contributed by atoms with Crippen LogP contribution < -0.4 is 4.74 Å². The third-order valence-corrected chi connectivity index (χ3v) is 6.66. The third kappa shape index (κ3) is 5.67. The van der Waals surface area contributed by atoms with Gasteiger partial charge in [0.1, 0.15) is 18.2 Å². The van der Waals surface area contributed by atoms with Crippen molar-refractivity contribution in [3.63, 3.8) is 0 Å². The first kappa shape index (κ1) is 22.7. The van der Waals surface area contributed by atoms with E-state index in [1.165, 1.54) is 6.07 Å². The van der Waals surface area contributed by atoms with Crippen LogP contribution in [0.1, 0.15) is 41.6 Å². The van der Waals surface area contributed by atoms with Crippen LogP contribution in [0, 0.1) is 11.7 Å². The number of piperidine rings is 1. The maximum Gasteiger partial charge on any atom is 0.254 e. The Morgan fingerprint density at radius 1 is 1.06 bits per heavy atom. The molecule has 2 aromatic carbocycles. The molecular weight excluding hydrogens is 407 g/mol. The molecule has 2 aliphatic heterocycles. The first-order valence-electron chi connectivity index (χ1n) is 11.6. The number of halogens is 1. The molecule has 0 saturated carbocycles. The van der Waals surface area contributed by atoms with Crippen molar-refractivity contribution < 1.29 is 18.7 Å². The van der Waals surface area contributed by atoms with Crippen molar-refractivity contribution in [3.8, 4) is 5.75 Å². The van der Waals surface area contributed by atoms with Crippen molar-refractivity contribution in [2.75, 3.05) is 39.9 Å². The highest BCUT2D eigenvalue weighted by atomic mass is 19.1. The molecule has 2 aliphatic rings. The summed E-state index contributed by atoms with van der Waals surface area (Å²) in [4.78, 5) is 17.3. The molecule has 4 rings (SSSR count). The van der Waals surface area contributed by atoms with Crippen molar-refractivity contribution >= 4 is 5.91 Å². The summed E-state index contributed by atoms with van der Waals surface area (Å²) in [7, 11) is 1.77. The van der Waals surface area contributed by atoms with Crippen LogP contribution in [-0.4, -0.2) is 61.7 Å². The minimum Gasteiger partial charge on any atom is -0.492 e. The Kier molecular flexibility index (Phi) is 7.76. The number of carbonyl (C=O) groups excluding carboxylic acids is 1. The summed E-state index contributed by atoms with van der Waals surface area (Å²) in [5.41, 5.74) is 1.37. The van der Waals surface area contributed by atoms with Gasteiger partial charge in [0, 0.05) is 50.3 Å². The highest BCUT2D eigenvalue weighted by Gasteiger charge is 2.31. The molecule has 4 bridgehead atoms. The molecular formula is C26H33FN2O3. The second-order valence-corrected chi connectivity index (χ2v) is 8.81. The summed E-state index contributed by atoms with van der Waals surface area (Å²) in [5.74, 6) is 0.925. The summed E-state index contributed by atoms with van der Waals surface area (Å²) in [6.45, 7) is 4.07. The standard InChI is InChI=1S/C26H33FN2O3/c1-31-25-12-14-29-19-22(25)8-4-5-13-28(18-21-7-2-3-11-24(21)27)15-16-32-23-10-6-9-20(17-23)26(29)30/h2-3,6-7,9-11,17,22,25H,4-5,8,12-16,18-19H2,1H3/t22-,25+/m1/s1. The molecule has 0 unspecified atom stereocenters. The number of hydrogen-bond donors (Lipinski definition) is 0. The molecule has 0 aliphatic carbocycles. The summed E-state index contributed by atoms with van der Waals surface area (Å²) < 4.78 is 26.0. The zero-order chi connectivity index (χ0) is 22.3. The van der Waals surface area contributed by atoms with Crippen LogP contribution in [0.5, 0.6) is 5.75 Å². The molecule has 2 aromatic rings. The first-order chi connectivity index (χ1) is 15.6. The first-order valence-corrected chi connectivity index (χ1v) is 11.6. The predicted octanol–water partition coefficient (Wildman–Crippen LogP) is 4.37. The molecule has 0 aromatic heterocycles. The van der Waals surface area contributed by atoms with Crippen molar-refractivity contribution in [2.45, 2.75) is 38.3 Å². The van der Waals surface area contributed by atoms with E-state index in [-0.39, 0.29) is 17.8 Å². The fourth-order valence-electron chi connectivity index (χ4n) is 4.86. The van der Waals surface area contributed by atoms with Crippen LogP contribution in [0.3, 0.4) is 0 Å². The molecule has 6 heteroatoms. The van der Waals surface area contributed by atoms with Crippen LogP contribution >= 0.6 is 0 Å². The second-order valence-electron chi connectivity index (χ2n) is 8.81. The molecule has 0 spiro atoms. The Hall–Kier alpha value is -2.44. The van der Waals surface area contributed by atoms with Gasteiger partial charge in [0.2, 0.25) is 0 Å². The molecule has 32 heavy (non-hydrogen) atoms. The lowest BCUT2D eigenvalue weighted by Gasteiger charge is -2.38. The Bertz CT molecular complexity index is 906. The number of hydrogen-bond acceptors (Lipinski definition) is 4. The number of rotatable bonds is 3. The Morgan fingerprint density at radius 3 is 2.78 bits per heavy atom. The van der Waals surface area contributed by atoms with Gasteiger partial charge in [0.05, 0.1) is 6.10 Å². The van der Waals surface area contributed by atoms with Crippen molar-refractivity contribution in [1.82, 2.24) is 9.80 Å². The molecule has 172 valence electrons. The van der Waals surface area contributed by atoms with Gasteiger partial charge >= 0.3 is 0 Å². The molecule has 2 atom stereocenters. The predicted molar refractivity (Wildman–Crippen MR) is 122 cm³/mol. The maximum atomic E-state index is 14.2. The number of amides is 1. The zero-order valence-corrected chi connectivity index (χ0v) is 18.8. The van der Waals surface area contributed by atoms with E-state index >= 15 is 0 Å². The highest BCUT2D eigenvalue weighted by Crippen LogP contribution is 2.27. The van der Waals surface area contributed by atoms with Crippen LogP contribution in [0.25, 0.3) is 0 Å². The van der Waals surface area contributed by atoms with Gasteiger partial charge < -0.3 is 14.4 Å². The van der Waals surface area contributed by atoms with E-state index in [1.54, 1.807) is 13.2 Å².